The Morgan fingerprint density at radius 1 is 1.24 bits per heavy atom. The van der Waals surface area contributed by atoms with Gasteiger partial charge in [0, 0.05) is 10.7 Å². The van der Waals surface area contributed by atoms with Crippen LogP contribution in [0.25, 0.3) is 0 Å². The van der Waals surface area contributed by atoms with Crippen LogP contribution in [-0.4, -0.2) is 30.6 Å². The van der Waals surface area contributed by atoms with E-state index < -0.39 is 11.9 Å². The van der Waals surface area contributed by atoms with E-state index in [9.17, 15) is 9.59 Å². The quantitative estimate of drug-likeness (QED) is 0.582. The van der Waals surface area contributed by atoms with Gasteiger partial charge in [-0.05, 0) is 43.7 Å². The normalized spacial score (nSPS) is 10.1. The summed E-state index contributed by atoms with van der Waals surface area (Å²) < 4.78 is 10.8. The van der Waals surface area contributed by atoms with Crippen LogP contribution in [0.2, 0.25) is 0 Å². The summed E-state index contributed by atoms with van der Waals surface area (Å²) in [6.45, 7) is 3.64. The zero-order chi connectivity index (χ0) is 18.4. The van der Waals surface area contributed by atoms with Crippen LogP contribution in [0.3, 0.4) is 0 Å². The highest BCUT2D eigenvalue weighted by Gasteiger charge is 2.18. The Bertz CT molecular complexity index is 795. The molecule has 7 nitrogen and oxygen atoms in total. The summed E-state index contributed by atoms with van der Waals surface area (Å²) in [4.78, 5) is 27.7. The average molecular weight is 408 g/mol. The Labute approximate surface area is 153 Å². The summed E-state index contributed by atoms with van der Waals surface area (Å²) in [5.41, 5.74) is 2.52. The molecule has 1 aromatic carbocycles. The number of anilines is 3. The van der Waals surface area contributed by atoms with Gasteiger partial charge in [-0.3, -0.25) is 4.79 Å². The lowest BCUT2D eigenvalue weighted by Crippen LogP contribution is -2.25. The number of rotatable bonds is 5. The third-order valence-electron chi connectivity index (χ3n) is 3.24. The lowest BCUT2D eigenvalue weighted by Gasteiger charge is -2.16. The number of nitrogens with one attached hydrogen (secondary N) is 2. The number of aromatic nitrogens is 1. The molecule has 0 aliphatic carbocycles. The second kappa shape index (κ2) is 8.48. The van der Waals surface area contributed by atoms with Crippen molar-refractivity contribution in [2.24, 2.45) is 0 Å². The number of carbonyl (C=O) groups excluding carboxylic acids is 2. The van der Waals surface area contributed by atoms with Gasteiger partial charge in [-0.2, -0.15) is 0 Å². The number of halogens is 1. The number of esters is 1. The van der Waals surface area contributed by atoms with Crippen LogP contribution in [0, 0.1) is 6.92 Å². The molecule has 2 rings (SSSR count). The number of hydrogen-bond donors (Lipinski definition) is 2. The fourth-order valence-corrected chi connectivity index (χ4v) is 2.40. The molecule has 0 spiro atoms. The molecule has 25 heavy (non-hydrogen) atoms. The number of hydrogen-bond acceptors (Lipinski definition) is 6. The molecule has 1 heterocycles. The van der Waals surface area contributed by atoms with Gasteiger partial charge in [0.1, 0.15) is 5.69 Å². The van der Waals surface area contributed by atoms with Crippen LogP contribution >= 0.6 is 15.9 Å². The van der Waals surface area contributed by atoms with E-state index in [-0.39, 0.29) is 6.61 Å². The summed E-state index contributed by atoms with van der Waals surface area (Å²) in [6.07, 6.45) is 1.61. The van der Waals surface area contributed by atoms with Crippen LogP contribution in [0.15, 0.2) is 34.9 Å². The maximum atomic E-state index is 12.0. The van der Waals surface area contributed by atoms with Gasteiger partial charge in [-0.15, -0.1) is 0 Å². The summed E-state index contributed by atoms with van der Waals surface area (Å²) in [5.74, 6) is -1.38. The lowest BCUT2D eigenvalue weighted by atomic mass is 10.2. The molecule has 0 bridgehead atoms. The van der Waals surface area contributed by atoms with Crippen molar-refractivity contribution in [3.63, 3.8) is 0 Å². The molecule has 2 N–H and O–H groups in total. The molecular formula is C17H18BrN3O4. The van der Waals surface area contributed by atoms with Gasteiger partial charge in [-0.25, -0.2) is 9.78 Å². The molecule has 0 aliphatic rings. The summed E-state index contributed by atoms with van der Waals surface area (Å²) >= 11 is 3.46. The number of carbonyl (C=O) groups is 2. The molecule has 132 valence electrons. The number of benzene rings is 1. The number of amides is 1. The molecule has 0 aliphatic heterocycles. The number of methoxy groups -OCH3 is 1. The molecule has 0 radical (unpaired) electrons. The fourth-order valence-electron chi connectivity index (χ4n) is 2.05. The zero-order valence-electron chi connectivity index (χ0n) is 14.1. The average Bonchev–Trinajstić information content (AvgIpc) is 2.59. The Balaban J connectivity index is 2.35. The second-order valence-corrected chi connectivity index (χ2v) is 5.86. The van der Waals surface area contributed by atoms with Gasteiger partial charge in [0.15, 0.2) is 0 Å². The Morgan fingerprint density at radius 2 is 2.00 bits per heavy atom. The van der Waals surface area contributed by atoms with E-state index in [4.69, 9.17) is 9.47 Å². The van der Waals surface area contributed by atoms with Crippen molar-refractivity contribution < 1.29 is 19.1 Å². The first kappa shape index (κ1) is 18.7. The van der Waals surface area contributed by atoms with E-state index in [0.29, 0.717) is 22.9 Å². The van der Waals surface area contributed by atoms with E-state index in [1.807, 2.05) is 6.92 Å². The van der Waals surface area contributed by atoms with Gasteiger partial charge in [0.2, 0.25) is 5.88 Å². The van der Waals surface area contributed by atoms with Gasteiger partial charge in [0.25, 0.3) is 0 Å². The molecule has 0 fully saturated rings. The summed E-state index contributed by atoms with van der Waals surface area (Å²) in [5, 5.41) is 5.71. The molecule has 8 heteroatoms. The van der Waals surface area contributed by atoms with Crippen LogP contribution < -0.4 is 15.4 Å². The molecule has 2 aromatic rings. The molecule has 1 amide bonds. The van der Waals surface area contributed by atoms with Gasteiger partial charge in [-0.1, -0.05) is 15.9 Å². The third kappa shape index (κ3) is 4.69. The van der Waals surface area contributed by atoms with Crippen molar-refractivity contribution in [2.75, 3.05) is 24.4 Å². The second-order valence-electron chi connectivity index (χ2n) is 5.01. The molecule has 1 aromatic heterocycles. The predicted octanol–water partition coefficient (Wildman–Crippen LogP) is 3.41. The fraction of sp³-hybridized carbons (Fsp3) is 0.235. The standard InChI is InChI=1S/C17H18BrN3O4/c1-4-25-17(23)15(22)21-13-8-10(2)11(18)9-14(13)20-12-6-5-7-19-16(12)24-3/h5-9,20H,4H2,1-3H3,(H,21,22). The maximum absolute atomic E-state index is 12.0. The monoisotopic (exact) mass is 407 g/mol. The van der Waals surface area contributed by atoms with E-state index >= 15 is 0 Å². The van der Waals surface area contributed by atoms with E-state index in [2.05, 4.69) is 31.5 Å². The topological polar surface area (TPSA) is 89.6 Å². The predicted molar refractivity (Wildman–Crippen MR) is 98.2 cm³/mol. The van der Waals surface area contributed by atoms with E-state index in [1.54, 1.807) is 37.4 Å². The number of pyridine rings is 1. The molecule has 0 saturated heterocycles. The molecular weight excluding hydrogens is 390 g/mol. The largest absolute Gasteiger partial charge is 0.480 e. The highest BCUT2D eigenvalue weighted by Crippen LogP contribution is 2.34. The third-order valence-corrected chi connectivity index (χ3v) is 4.10. The molecule has 0 unspecified atom stereocenters. The number of ether oxygens (including phenoxy) is 2. The highest BCUT2D eigenvalue weighted by molar-refractivity contribution is 9.10. The highest BCUT2D eigenvalue weighted by atomic mass is 79.9. The Hall–Kier alpha value is -2.61. The van der Waals surface area contributed by atoms with E-state index in [0.717, 1.165) is 10.0 Å². The Kier molecular flexibility index (Phi) is 6.35. The molecule has 0 saturated carbocycles. The van der Waals surface area contributed by atoms with Gasteiger partial charge >= 0.3 is 11.9 Å². The molecule has 0 atom stereocenters. The van der Waals surface area contributed by atoms with Crippen LogP contribution in [0.4, 0.5) is 17.1 Å². The minimum absolute atomic E-state index is 0.129. The minimum Gasteiger partial charge on any atom is -0.480 e. The van der Waals surface area contributed by atoms with Crippen LogP contribution in [0.5, 0.6) is 5.88 Å². The summed E-state index contributed by atoms with van der Waals surface area (Å²) in [6, 6.07) is 7.08. The van der Waals surface area contributed by atoms with Crippen molar-refractivity contribution in [1.82, 2.24) is 4.98 Å². The minimum atomic E-state index is -0.937. The Morgan fingerprint density at radius 3 is 2.68 bits per heavy atom. The maximum Gasteiger partial charge on any atom is 0.397 e. The van der Waals surface area contributed by atoms with Crippen molar-refractivity contribution in [1.29, 1.82) is 0 Å². The zero-order valence-corrected chi connectivity index (χ0v) is 15.6. The lowest BCUT2D eigenvalue weighted by molar-refractivity contribution is -0.152. The summed E-state index contributed by atoms with van der Waals surface area (Å²) in [7, 11) is 1.52. The first-order chi connectivity index (χ1) is 12.0. The smallest absolute Gasteiger partial charge is 0.397 e. The van der Waals surface area contributed by atoms with Crippen molar-refractivity contribution in [3.8, 4) is 5.88 Å². The van der Waals surface area contributed by atoms with Crippen LogP contribution in [-0.2, 0) is 14.3 Å². The first-order valence-electron chi connectivity index (χ1n) is 7.50. The van der Waals surface area contributed by atoms with Crippen molar-refractivity contribution in [2.45, 2.75) is 13.8 Å². The number of nitrogens with zero attached hydrogens (tertiary/aromatic N) is 1. The van der Waals surface area contributed by atoms with Gasteiger partial charge < -0.3 is 20.1 Å². The number of aryl methyl sites for hydroxylation is 1. The van der Waals surface area contributed by atoms with Gasteiger partial charge in [0.05, 0.1) is 25.1 Å². The van der Waals surface area contributed by atoms with Crippen molar-refractivity contribution in [3.05, 3.63) is 40.5 Å². The van der Waals surface area contributed by atoms with E-state index in [1.165, 1.54) is 7.11 Å². The first-order valence-corrected chi connectivity index (χ1v) is 8.29. The van der Waals surface area contributed by atoms with Crippen molar-refractivity contribution >= 4 is 44.9 Å². The SMILES string of the molecule is CCOC(=O)C(=O)Nc1cc(C)c(Br)cc1Nc1cccnc1OC. The van der Waals surface area contributed by atoms with Crippen LogP contribution in [0.1, 0.15) is 12.5 Å².